The second-order valence-electron chi connectivity index (χ2n) is 23.4. The van der Waals surface area contributed by atoms with Gasteiger partial charge in [0.25, 0.3) is 11.1 Å². The first-order valence-electron chi connectivity index (χ1n) is 30.6. The number of rotatable bonds is 9. The second kappa shape index (κ2) is 20.9. The van der Waals surface area contributed by atoms with Gasteiger partial charge in [-0.15, -0.1) is 0 Å². The Labute approximate surface area is 527 Å². The molecular weight excluding hydrogens is 1150 g/mol. The fourth-order valence-corrected chi connectivity index (χ4v) is 13.7. The van der Waals surface area contributed by atoms with E-state index in [1.807, 2.05) is 200 Å². The molecular formula is C82H48N4O7. The van der Waals surface area contributed by atoms with E-state index in [9.17, 15) is 19.2 Å². The van der Waals surface area contributed by atoms with Crippen molar-refractivity contribution in [2.45, 2.75) is 0 Å². The third kappa shape index (κ3) is 8.45. The van der Waals surface area contributed by atoms with Crippen molar-refractivity contribution >= 4 is 87.6 Å². The lowest BCUT2D eigenvalue weighted by molar-refractivity contribution is 0.669. The molecule has 13 aromatic carbocycles. The van der Waals surface area contributed by atoms with E-state index in [4.69, 9.17) is 13.3 Å². The van der Waals surface area contributed by atoms with Gasteiger partial charge in [0.05, 0.1) is 44.6 Å². The highest BCUT2D eigenvalue weighted by molar-refractivity contribution is 6.13. The zero-order chi connectivity index (χ0) is 62.0. The number of aromatic nitrogens is 4. The van der Waals surface area contributed by atoms with Crippen LogP contribution >= 0.6 is 0 Å². The van der Waals surface area contributed by atoms with E-state index in [1.165, 1.54) is 9.13 Å². The largest absolute Gasteiger partial charge is 0.455 e. The molecule has 0 atom stereocenters. The maximum atomic E-state index is 14.9. The molecule has 0 saturated carbocycles. The number of benzene rings is 13. The van der Waals surface area contributed by atoms with E-state index in [0.29, 0.717) is 44.6 Å². The first kappa shape index (κ1) is 53.2. The molecule has 0 amide bonds. The lowest BCUT2D eigenvalue weighted by atomic mass is 9.94. The zero-order valence-corrected chi connectivity index (χ0v) is 49.4. The SMILES string of the molecule is O=c1c2ccccc2n(-c2ccc(-c3cccc4c3oc3ccccc34)cc2)c(=O)n1-c1ccc(-c2ccc(-c3cc(-c4ccc(-n5c(=O)n(-c6ccc(-c7cccc8c7oc7ccccc78)cc6)c(=O)c6ccccc65)cc4)c4oc5ccccc5c4c3)cc2)cc1. The van der Waals surface area contributed by atoms with Crippen LogP contribution in [0.3, 0.4) is 0 Å². The average Bonchev–Trinajstić information content (AvgIpc) is 1.69. The van der Waals surface area contributed by atoms with Crippen molar-refractivity contribution in [3.05, 3.63) is 333 Å². The molecule has 0 fully saturated rings. The molecule has 11 nitrogen and oxygen atoms in total. The molecule has 0 bridgehead atoms. The Kier molecular flexibility index (Phi) is 11.9. The summed E-state index contributed by atoms with van der Waals surface area (Å²) in [5.41, 5.74) is 15.1. The smallest absolute Gasteiger partial charge is 0.340 e. The molecule has 5 aromatic heterocycles. The summed E-state index contributed by atoms with van der Waals surface area (Å²) in [6.45, 7) is 0. The zero-order valence-electron chi connectivity index (χ0n) is 49.4. The molecule has 0 aliphatic heterocycles. The molecule has 93 heavy (non-hydrogen) atoms. The molecule has 0 aliphatic rings. The van der Waals surface area contributed by atoms with Crippen molar-refractivity contribution in [2.75, 3.05) is 0 Å². The Morgan fingerprint density at radius 2 is 0.516 bits per heavy atom. The van der Waals surface area contributed by atoms with Crippen LogP contribution in [0.15, 0.2) is 324 Å². The average molecular weight is 1200 g/mol. The van der Waals surface area contributed by atoms with Crippen LogP contribution in [-0.2, 0) is 0 Å². The van der Waals surface area contributed by atoms with Crippen LogP contribution in [0.4, 0.5) is 0 Å². The minimum atomic E-state index is -0.502. The van der Waals surface area contributed by atoms with E-state index in [1.54, 1.807) is 33.4 Å². The summed E-state index contributed by atoms with van der Waals surface area (Å²) in [7, 11) is 0. The van der Waals surface area contributed by atoms with Gasteiger partial charge in [0.15, 0.2) is 0 Å². The molecule has 11 heteroatoms. The van der Waals surface area contributed by atoms with Gasteiger partial charge in [0, 0.05) is 49.0 Å². The van der Waals surface area contributed by atoms with Crippen LogP contribution in [0, 0.1) is 0 Å². The van der Waals surface area contributed by atoms with Crippen LogP contribution in [0.25, 0.3) is 166 Å². The molecule has 438 valence electrons. The Balaban J connectivity index is 0.661. The van der Waals surface area contributed by atoms with Crippen molar-refractivity contribution in [1.82, 2.24) is 18.3 Å². The summed E-state index contributed by atoms with van der Waals surface area (Å²) >= 11 is 0. The number of hydrogen-bond donors (Lipinski definition) is 0. The van der Waals surface area contributed by atoms with Crippen molar-refractivity contribution < 1.29 is 13.3 Å². The molecule has 0 saturated heterocycles. The van der Waals surface area contributed by atoms with Crippen molar-refractivity contribution in [2.24, 2.45) is 0 Å². The van der Waals surface area contributed by atoms with Gasteiger partial charge in [-0.25, -0.2) is 18.7 Å². The van der Waals surface area contributed by atoms with Gasteiger partial charge in [-0.2, -0.15) is 0 Å². The highest BCUT2D eigenvalue weighted by Crippen LogP contribution is 2.42. The molecule has 0 aliphatic carbocycles. The number of para-hydroxylation sites is 7. The Hall–Kier alpha value is -12.9. The first-order chi connectivity index (χ1) is 45.8. The van der Waals surface area contributed by atoms with E-state index in [0.717, 1.165) is 121 Å². The topological polar surface area (TPSA) is 127 Å². The number of hydrogen-bond acceptors (Lipinski definition) is 7. The van der Waals surface area contributed by atoms with Gasteiger partial charge >= 0.3 is 11.4 Å². The number of fused-ring (bicyclic) bond motifs is 11. The number of furan rings is 3. The molecule has 0 unspecified atom stereocenters. The maximum absolute atomic E-state index is 14.9. The molecule has 0 radical (unpaired) electrons. The van der Waals surface area contributed by atoms with Crippen LogP contribution < -0.4 is 22.5 Å². The molecule has 0 N–H and O–H groups in total. The highest BCUT2D eigenvalue weighted by Gasteiger charge is 2.22. The maximum Gasteiger partial charge on any atom is 0.340 e. The van der Waals surface area contributed by atoms with Crippen LogP contribution in [0.2, 0.25) is 0 Å². The third-order valence-corrected chi connectivity index (χ3v) is 18.2. The van der Waals surface area contributed by atoms with Crippen molar-refractivity contribution in [3.63, 3.8) is 0 Å². The predicted molar refractivity (Wildman–Crippen MR) is 373 cm³/mol. The summed E-state index contributed by atoms with van der Waals surface area (Å²) in [6, 6.07) is 93.7. The predicted octanol–water partition coefficient (Wildman–Crippen LogP) is 18.6. The summed E-state index contributed by atoms with van der Waals surface area (Å²) in [6.07, 6.45) is 0. The van der Waals surface area contributed by atoms with E-state index < -0.39 is 22.5 Å². The molecule has 18 aromatic rings. The van der Waals surface area contributed by atoms with Crippen LogP contribution in [0.1, 0.15) is 0 Å². The quantitative estimate of drug-likeness (QED) is 0.141. The van der Waals surface area contributed by atoms with E-state index in [2.05, 4.69) is 66.7 Å². The van der Waals surface area contributed by atoms with Crippen LogP contribution in [-0.4, -0.2) is 18.3 Å². The van der Waals surface area contributed by atoms with Gasteiger partial charge < -0.3 is 13.3 Å². The monoisotopic (exact) mass is 1200 g/mol. The minimum absolute atomic E-state index is 0.398. The standard InChI is InChI=1S/C82H48N4O7/c87-79-67-16-1-6-22-71(67)83(56-41-33-52(34-42-56)60-18-11-20-65-62-13-3-8-24-73(62)91-76(60)65)81(89)85(79)58-39-31-50(32-40-58)49-27-29-51(30-28-49)55-47-69(78-70(48-55)64-15-5-10-26-75(64)93-78)54-37-43-57(44-38-54)84-72-23-7-2-17-68(72)80(88)86(82(84)90)59-45-35-53(36-46-59)61-19-12-21-66-63-14-4-9-25-74(63)92-77(61)66/h1-48H. The number of nitrogens with zero attached hydrogens (tertiary/aromatic N) is 4. The van der Waals surface area contributed by atoms with Gasteiger partial charge in [0.1, 0.15) is 33.5 Å². The first-order valence-corrected chi connectivity index (χ1v) is 30.6. The normalized spacial score (nSPS) is 11.8. The fourth-order valence-electron chi connectivity index (χ4n) is 13.7. The van der Waals surface area contributed by atoms with Gasteiger partial charge in [-0.3, -0.25) is 18.7 Å². The van der Waals surface area contributed by atoms with Crippen molar-refractivity contribution in [3.8, 4) is 78.4 Å². The van der Waals surface area contributed by atoms with E-state index in [-0.39, 0.29) is 0 Å². The van der Waals surface area contributed by atoms with Gasteiger partial charge in [-0.1, -0.05) is 188 Å². The van der Waals surface area contributed by atoms with Gasteiger partial charge in [0.2, 0.25) is 0 Å². The summed E-state index contributed by atoms with van der Waals surface area (Å²) < 4.78 is 25.0. The summed E-state index contributed by atoms with van der Waals surface area (Å²) in [4.78, 5) is 58.4. The molecule has 5 heterocycles. The lowest BCUT2D eigenvalue weighted by Gasteiger charge is -2.15. The lowest BCUT2D eigenvalue weighted by Crippen LogP contribution is -2.38. The summed E-state index contributed by atoms with van der Waals surface area (Å²) in [5.74, 6) is 0. The fraction of sp³-hybridized carbons (Fsp3) is 0. The van der Waals surface area contributed by atoms with Crippen LogP contribution in [0.5, 0.6) is 0 Å². The third-order valence-electron chi connectivity index (χ3n) is 18.2. The van der Waals surface area contributed by atoms with E-state index >= 15 is 0 Å². The molecule has 0 spiro atoms. The summed E-state index contributed by atoms with van der Waals surface area (Å²) in [5, 5.41) is 6.87. The second-order valence-corrected chi connectivity index (χ2v) is 23.4. The van der Waals surface area contributed by atoms with Crippen molar-refractivity contribution in [1.29, 1.82) is 0 Å². The molecule has 18 rings (SSSR count). The Morgan fingerprint density at radius 1 is 0.215 bits per heavy atom. The Bertz CT molecular complexity index is 6360. The van der Waals surface area contributed by atoms with Gasteiger partial charge in [-0.05, 0) is 142 Å². The highest BCUT2D eigenvalue weighted by atomic mass is 16.3. The minimum Gasteiger partial charge on any atom is -0.455 e. The Morgan fingerprint density at radius 3 is 0.935 bits per heavy atom.